The Bertz CT molecular complexity index is 464. The molecule has 2 N–H and O–H groups in total. The van der Waals surface area contributed by atoms with E-state index in [1.807, 2.05) is 17.8 Å². The molecule has 0 saturated carbocycles. The Balaban J connectivity index is 1.97. The van der Waals surface area contributed by atoms with Crippen molar-refractivity contribution in [2.75, 3.05) is 12.3 Å². The molecule has 1 nitrogen and oxygen atoms in total. The van der Waals surface area contributed by atoms with Gasteiger partial charge in [-0.15, -0.1) is 11.8 Å². The van der Waals surface area contributed by atoms with Gasteiger partial charge < -0.3 is 5.73 Å². The van der Waals surface area contributed by atoms with Crippen molar-refractivity contribution < 1.29 is 0 Å². The molecule has 0 amide bonds. The number of nitrogens with two attached hydrogens (primary N) is 1. The van der Waals surface area contributed by atoms with Crippen molar-refractivity contribution in [3.63, 3.8) is 0 Å². The van der Waals surface area contributed by atoms with Crippen molar-refractivity contribution in [3.8, 4) is 0 Å². The molecule has 0 heterocycles. The van der Waals surface area contributed by atoms with E-state index in [0.29, 0.717) is 12.5 Å². The molecule has 0 aliphatic rings. The summed E-state index contributed by atoms with van der Waals surface area (Å²) in [7, 11) is 0. The van der Waals surface area contributed by atoms with Crippen LogP contribution in [-0.2, 0) is 0 Å². The average molecular weight is 257 g/mol. The molecule has 0 radical (unpaired) electrons. The van der Waals surface area contributed by atoms with E-state index in [9.17, 15) is 0 Å². The Hall–Kier alpha value is -1.25. The fraction of sp³-hybridized carbons (Fsp3) is 0.250. The molecule has 0 fully saturated rings. The molecule has 0 aromatic heterocycles. The Morgan fingerprint density at radius 3 is 2.28 bits per heavy atom. The van der Waals surface area contributed by atoms with E-state index in [-0.39, 0.29) is 0 Å². The molecule has 0 spiro atoms. The van der Waals surface area contributed by atoms with Crippen LogP contribution >= 0.6 is 11.8 Å². The van der Waals surface area contributed by atoms with E-state index in [1.165, 1.54) is 16.0 Å². The molecule has 0 aliphatic heterocycles. The zero-order valence-corrected chi connectivity index (χ0v) is 11.5. The Kier molecular flexibility index (Phi) is 4.85. The minimum atomic E-state index is 0.428. The number of benzene rings is 2. The third-order valence-electron chi connectivity index (χ3n) is 3.03. The molecule has 1 unspecified atom stereocenters. The predicted octanol–water partition coefficient (Wildman–Crippen LogP) is 3.83. The SMILES string of the molecule is Cc1ccc(SCC(CN)c2ccccc2)cc1. The quantitative estimate of drug-likeness (QED) is 0.824. The Labute approximate surface area is 113 Å². The zero-order chi connectivity index (χ0) is 12.8. The van der Waals surface area contributed by atoms with Crippen LogP contribution in [-0.4, -0.2) is 12.3 Å². The summed E-state index contributed by atoms with van der Waals surface area (Å²) < 4.78 is 0. The summed E-state index contributed by atoms with van der Waals surface area (Å²) in [6, 6.07) is 19.2. The van der Waals surface area contributed by atoms with Gasteiger partial charge >= 0.3 is 0 Å². The summed E-state index contributed by atoms with van der Waals surface area (Å²) in [5.74, 6) is 1.46. The molecule has 2 aromatic rings. The summed E-state index contributed by atoms with van der Waals surface area (Å²) in [6.45, 7) is 2.81. The monoisotopic (exact) mass is 257 g/mol. The molecule has 0 bridgehead atoms. The average Bonchev–Trinajstić information content (AvgIpc) is 2.43. The standard InChI is InChI=1S/C16H19NS/c1-13-7-9-16(10-8-13)18-12-15(11-17)14-5-3-2-4-6-14/h2-10,15H,11-12,17H2,1H3. The second-order valence-corrected chi connectivity index (χ2v) is 5.56. The molecule has 2 heteroatoms. The first-order chi connectivity index (χ1) is 8.79. The van der Waals surface area contributed by atoms with E-state index in [2.05, 4.69) is 55.5 Å². The minimum absolute atomic E-state index is 0.428. The number of hydrogen-bond donors (Lipinski definition) is 1. The van der Waals surface area contributed by atoms with Gasteiger partial charge in [-0.1, -0.05) is 48.0 Å². The van der Waals surface area contributed by atoms with Gasteiger partial charge in [0.2, 0.25) is 0 Å². The Morgan fingerprint density at radius 2 is 1.67 bits per heavy atom. The first kappa shape index (κ1) is 13.2. The molecule has 0 saturated heterocycles. The van der Waals surface area contributed by atoms with Crippen molar-refractivity contribution in [3.05, 3.63) is 65.7 Å². The molecule has 2 rings (SSSR count). The lowest BCUT2D eigenvalue weighted by Crippen LogP contribution is -2.14. The van der Waals surface area contributed by atoms with Crippen LogP contribution in [0.1, 0.15) is 17.0 Å². The van der Waals surface area contributed by atoms with Gasteiger partial charge in [-0.05, 0) is 31.2 Å². The largest absolute Gasteiger partial charge is 0.330 e. The molecule has 1 atom stereocenters. The van der Waals surface area contributed by atoms with Crippen molar-refractivity contribution in [2.45, 2.75) is 17.7 Å². The summed E-state index contributed by atoms with van der Waals surface area (Å²) >= 11 is 1.88. The van der Waals surface area contributed by atoms with Gasteiger partial charge in [-0.25, -0.2) is 0 Å². The van der Waals surface area contributed by atoms with Gasteiger partial charge in [0.15, 0.2) is 0 Å². The summed E-state index contributed by atoms with van der Waals surface area (Å²) in [5, 5.41) is 0. The van der Waals surface area contributed by atoms with E-state index in [0.717, 1.165) is 5.75 Å². The highest BCUT2D eigenvalue weighted by molar-refractivity contribution is 7.99. The Morgan fingerprint density at radius 1 is 1.00 bits per heavy atom. The van der Waals surface area contributed by atoms with E-state index in [4.69, 9.17) is 5.73 Å². The highest BCUT2D eigenvalue weighted by atomic mass is 32.2. The number of aryl methyl sites for hydroxylation is 1. The minimum Gasteiger partial charge on any atom is -0.330 e. The number of thioether (sulfide) groups is 1. The van der Waals surface area contributed by atoms with Crippen LogP contribution in [0.25, 0.3) is 0 Å². The van der Waals surface area contributed by atoms with Crippen LogP contribution in [0, 0.1) is 6.92 Å². The highest BCUT2D eigenvalue weighted by Crippen LogP contribution is 2.25. The van der Waals surface area contributed by atoms with Gasteiger partial charge in [0.25, 0.3) is 0 Å². The maximum absolute atomic E-state index is 5.88. The van der Waals surface area contributed by atoms with Crippen molar-refractivity contribution in [2.24, 2.45) is 5.73 Å². The first-order valence-corrected chi connectivity index (χ1v) is 7.22. The number of hydrogen-bond acceptors (Lipinski definition) is 2. The highest BCUT2D eigenvalue weighted by Gasteiger charge is 2.09. The third kappa shape index (κ3) is 3.62. The fourth-order valence-corrected chi connectivity index (χ4v) is 2.91. The maximum atomic E-state index is 5.88. The van der Waals surface area contributed by atoms with Crippen molar-refractivity contribution >= 4 is 11.8 Å². The second kappa shape index (κ2) is 6.62. The lowest BCUT2D eigenvalue weighted by molar-refractivity contribution is 0.785. The first-order valence-electron chi connectivity index (χ1n) is 6.24. The van der Waals surface area contributed by atoms with Crippen molar-refractivity contribution in [1.82, 2.24) is 0 Å². The second-order valence-electron chi connectivity index (χ2n) is 4.47. The fourth-order valence-electron chi connectivity index (χ4n) is 1.86. The van der Waals surface area contributed by atoms with E-state index < -0.39 is 0 Å². The van der Waals surface area contributed by atoms with Crippen LogP contribution in [0.4, 0.5) is 0 Å². The molecular formula is C16H19NS. The van der Waals surface area contributed by atoms with Gasteiger partial charge in [-0.3, -0.25) is 0 Å². The molecule has 18 heavy (non-hydrogen) atoms. The summed E-state index contributed by atoms with van der Waals surface area (Å²) in [4.78, 5) is 1.31. The van der Waals surface area contributed by atoms with E-state index >= 15 is 0 Å². The normalized spacial score (nSPS) is 12.3. The van der Waals surface area contributed by atoms with Crippen LogP contribution in [0.2, 0.25) is 0 Å². The molecular weight excluding hydrogens is 238 g/mol. The number of rotatable bonds is 5. The van der Waals surface area contributed by atoms with Crippen molar-refractivity contribution in [1.29, 1.82) is 0 Å². The third-order valence-corrected chi connectivity index (χ3v) is 4.20. The molecule has 2 aromatic carbocycles. The summed E-state index contributed by atoms with van der Waals surface area (Å²) in [6.07, 6.45) is 0. The van der Waals surface area contributed by atoms with Gasteiger partial charge in [0, 0.05) is 16.6 Å². The zero-order valence-electron chi connectivity index (χ0n) is 10.7. The van der Waals surface area contributed by atoms with Crippen LogP contribution in [0.5, 0.6) is 0 Å². The predicted molar refractivity (Wildman–Crippen MR) is 80.1 cm³/mol. The summed E-state index contributed by atoms with van der Waals surface area (Å²) in [5.41, 5.74) is 8.52. The molecule has 94 valence electrons. The van der Waals surface area contributed by atoms with Gasteiger partial charge in [0.1, 0.15) is 0 Å². The van der Waals surface area contributed by atoms with Crippen LogP contribution in [0.15, 0.2) is 59.5 Å². The topological polar surface area (TPSA) is 26.0 Å². The van der Waals surface area contributed by atoms with Gasteiger partial charge in [-0.2, -0.15) is 0 Å². The lowest BCUT2D eigenvalue weighted by Gasteiger charge is -2.14. The van der Waals surface area contributed by atoms with Crippen LogP contribution in [0.3, 0.4) is 0 Å². The molecule has 0 aliphatic carbocycles. The maximum Gasteiger partial charge on any atom is 0.00723 e. The smallest absolute Gasteiger partial charge is 0.00723 e. The lowest BCUT2D eigenvalue weighted by atomic mass is 10.0. The van der Waals surface area contributed by atoms with Gasteiger partial charge in [0.05, 0.1) is 0 Å². The van der Waals surface area contributed by atoms with E-state index in [1.54, 1.807) is 0 Å². The van der Waals surface area contributed by atoms with Crippen LogP contribution < -0.4 is 5.73 Å².